The number of amides is 1. The first-order valence-electron chi connectivity index (χ1n) is 11.9. The van der Waals surface area contributed by atoms with Gasteiger partial charge in [-0.25, -0.2) is 19.4 Å². The molecule has 1 atom stereocenters. The zero-order chi connectivity index (χ0) is 28.8. The van der Waals surface area contributed by atoms with Crippen molar-refractivity contribution in [2.45, 2.75) is 12.5 Å². The van der Waals surface area contributed by atoms with Crippen molar-refractivity contribution in [1.82, 2.24) is 5.32 Å². The highest BCUT2D eigenvalue weighted by atomic mass is 16.5. The Morgan fingerprint density at radius 3 is 2.00 bits per heavy atom. The van der Waals surface area contributed by atoms with Crippen LogP contribution in [0.4, 0.5) is 5.69 Å². The lowest BCUT2D eigenvalue weighted by Crippen LogP contribution is -2.42. The minimum atomic E-state index is -1.23. The molecule has 0 aliphatic heterocycles. The number of nitrogens with zero attached hydrogens (tertiary/aromatic N) is 1. The first-order valence-corrected chi connectivity index (χ1v) is 11.9. The van der Waals surface area contributed by atoms with Crippen LogP contribution < -0.4 is 21.5 Å². The largest absolute Gasteiger partial charge is 0.480 e. The maximum absolute atomic E-state index is 12.8. The van der Waals surface area contributed by atoms with Gasteiger partial charge < -0.3 is 31.7 Å². The number of carboxylic acids is 2. The summed E-state index contributed by atoms with van der Waals surface area (Å²) in [5, 5.41) is 22.5. The number of aliphatic imine (C=N–C) groups is 1. The number of nitrogens with one attached hydrogen (secondary N) is 1. The molecule has 0 aromatic heterocycles. The summed E-state index contributed by atoms with van der Waals surface area (Å²) < 4.78 is 5.46. The van der Waals surface area contributed by atoms with Gasteiger partial charge >= 0.3 is 17.9 Å². The number of benzene rings is 4. The smallest absolute Gasteiger partial charge is 0.343 e. The van der Waals surface area contributed by atoms with Gasteiger partial charge in [0.2, 0.25) is 0 Å². The fourth-order valence-electron chi connectivity index (χ4n) is 3.88. The molecule has 1 amide bonds. The summed E-state index contributed by atoms with van der Waals surface area (Å²) in [7, 11) is 0. The zero-order valence-corrected chi connectivity index (χ0v) is 20.9. The second kappa shape index (κ2) is 11.8. The van der Waals surface area contributed by atoms with Gasteiger partial charge in [0.25, 0.3) is 5.91 Å². The molecule has 0 unspecified atom stereocenters. The molecule has 4 aromatic carbocycles. The van der Waals surface area contributed by atoms with E-state index >= 15 is 0 Å². The number of carbonyl (C=O) groups is 4. The molecule has 0 aliphatic carbocycles. The van der Waals surface area contributed by atoms with E-state index in [9.17, 15) is 24.3 Å². The maximum atomic E-state index is 12.8. The van der Waals surface area contributed by atoms with E-state index in [2.05, 4.69) is 10.3 Å². The minimum absolute atomic E-state index is 0.0275. The van der Waals surface area contributed by atoms with Crippen molar-refractivity contribution in [3.05, 3.63) is 107 Å². The minimum Gasteiger partial charge on any atom is -0.480 e. The third-order valence-electron chi connectivity index (χ3n) is 5.89. The summed E-state index contributed by atoms with van der Waals surface area (Å²) in [6.07, 6.45) is -0.0275. The van der Waals surface area contributed by atoms with E-state index in [0.717, 1.165) is 0 Å². The van der Waals surface area contributed by atoms with Crippen LogP contribution >= 0.6 is 0 Å². The normalized spacial score (nSPS) is 11.3. The number of guanidine groups is 1. The molecule has 0 saturated heterocycles. The summed E-state index contributed by atoms with van der Waals surface area (Å²) in [6.45, 7) is 0. The van der Waals surface area contributed by atoms with Gasteiger partial charge in [0.1, 0.15) is 11.8 Å². The van der Waals surface area contributed by atoms with Gasteiger partial charge in [0.05, 0.1) is 16.8 Å². The first kappa shape index (κ1) is 27.3. The van der Waals surface area contributed by atoms with Crippen LogP contribution in [0.1, 0.15) is 36.6 Å². The average Bonchev–Trinajstić information content (AvgIpc) is 2.92. The Morgan fingerprint density at radius 2 is 1.38 bits per heavy atom. The van der Waals surface area contributed by atoms with Crippen LogP contribution in [0.3, 0.4) is 0 Å². The number of hydrogen-bond donors (Lipinski definition) is 5. The Balaban J connectivity index is 1.43. The molecule has 0 spiro atoms. The molecule has 0 heterocycles. The SMILES string of the molecule is NC(N)=Nc1ccc(C(=O)Oc2ccc3cc(C(=O)N[C@@H](Cc4ccc(C(=O)O)cc4)C(=O)O)ccc3c2)cc1. The summed E-state index contributed by atoms with van der Waals surface area (Å²) in [4.78, 5) is 52.1. The molecule has 0 bridgehead atoms. The monoisotopic (exact) mass is 540 g/mol. The highest BCUT2D eigenvalue weighted by molar-refractivity contribution is 6.00. The Kier molecular flexibility index (Phi) is 8.05. The van der Waals surface area contributed by atoms with Gasteiger partial charge in [-0.3, -0.25) is 4.79 Å². The number of aromatic carboxylic acids is 1. The average molecular weight is 541 g/mol. The van der Waals surface area contributed by atoms with E-state index in [-0.39, 0.29) is 23.5 Å². The number of aliphatic carboxylic acids is 1. The van der Waals surface area contributed by atoms with Crippen molar-refractivity contribution >= 4 is 46.2 Å². The Morgan fingerprint density at radius 1 is 0.775 bits per heavy atom. The summed E-state index contributed by atoms with van der Waals surface area (Å²) >= 11 is 0. The van der Waals surface area contributed by atoms with Crippen molar-refractivity contribution in [1.29, 1.82) is 0 Å². The molecule has 0 fully saturated rings. The molecular weight excluding hydrogens is 516 g/mol. The van der Waals surface area contributed by atoms with Crippen molar-refractivity contribution in [3.8, 4) is 5.75 Å². The van der Waals surface area contributed by atoms with Gasteiger partial charge in [0.15, 0.2) is 5.96 Å². The van der Waals surface area contributed by atoms with Gasteiger partial charge in [-0.05, 0) is 77.0 Å². The highest BCUT2D eigenvalue weighted by Gasteiger charge is 2.22. The first-order chi connectivity index (χ1) is 19.1. The highest BCUT2D eigenvalue weighted by Crippen LogP contribution is 2.24. The standard InChI is InChI=1S/C29H24N4O7/c30-29(31)32-22-10-7-18(8-11-22)28(39)40-23-12-9-19-14-21(6-5-20(19)15-23)25(34)33-24(27(37)38)13-16-1-3-17(4-2-16)26(35)36/h1-12,14-15,24H,13H2,(H,33,34)(H,35,36)(H,37,38)(H4,30,31,32)/t24-/m0/s1. The number of carboxylic acid groups (broad SMARTS) is 2. The third kappa shape index (κ3) is 6.78. The van der Waals surface area contributed by atoms with Crippen LogP contribution in [0.15, 0.2) is 89.9 Å². The molecule has 202 valence electrons. The van der Waals surface area contributed by atoms with Gasteiger partial charge in [-0.2, -0.15) is 0 Å². The second-order valence-corrected chi connectivity index (χ2v) is 8.77. The Hall–Kier alpha value is -5.71. The van der Waals surface area contributed by atoms with E-state index in [1.807, 2.05) is 0 Å². The Labute approximate surface area is 227 Å². The number of nitrogens with two attached hydrogens (primary N) is 2. The molecule has 7 N–H and O–H groups in total. The fraction of sp³-hybridized carbons (Fsp3) is 0.0690. The van der Waals surface area contributed by atoms with Crippen molar-refractivity contribution in [2.24, 2.45) is 16.5 Å². The molecule has 4 rings (SSSR count). The van der Waals surface area contributed by atoms with Crippen molar-refractivity contribution in [3.63, 3.8) is 0 Å². The van der Waals surface area contributed by atoms with Gasteiger partial charge in [-0.1, -0.05) is 24.3 Å². The number of hydrogen-bond acceptors (Lipinski definition) is 6. The molecule has 4 aromatic rings. The number of carbonyl (C=O) groups excluding carboxylic acids is 2. The predicted octanol–water partition coefficient (Wildman–Crippen LogP) is 3.09. The van der Waals surface area contributed by atoms with E-state index in [1.165, 1.54) is 42.5 Å². The number of rotatable bonds is 9. The summed E-state index contributed by atoms with van der Waals surface area (Å²) in [6, 6.07) is 20.4. The van der Waals surface area contributed by atoms with Crippen molar-refractivity contribution in [2.75, 3.05) is 0 Å². The van der Waals surface area contributed by atoms with Crippen LogP contribution in [0.2, 0.25) is 0 Å². The zero-order valence-electron chi connectivity index (χ0n) is 20.9. The van der Waals surface area contributed by atoms with Crippen LogP contribution in [0, 0.1) is 0 Å². The van der Waals surface area contributed by atoms with Crippen LogP contribution in [0.5, 0.6) is 5.75 Å². The van der Waals surface area contributed by atoms with E-state index < -0.39 is 29.9 Å². The van der Waals surface area contributed by atoms with E-state index in [4.69, 9.17) is 21.3 Å². The maximum Gasteiger partial charge on any atom is 0.343 e. The van der Waals surface area contributed by atoms with E-state index in [1.54, 1.807) is 42.5 Å². The number of ether oxygens (including phenoxy) is 1. The van der Waals surface area contributed by atoms with E-state index in [0.29, 0.717) is 33.3 Å². The van der Waals surface area contributed by atoms with Crippen molar-refractivity contribution < 1.29 is 34.1 Å². The second-order valence-electron chi connectivity index (χ2n) is 8.77. The third-order valence-corrected chi connectivity index (χ3v) is 5.89. The molecule has 11 heteroatoms. The van der Waals surface area contributed by atoms with Crippen LogP contribution in [0.25, 0.3) is 10.8 Å². The summed E-state index contributed by atoms with van der Waals surface area (Å²) in [5.74, 6) is -3.29. The molecule has 11 nitrogen and oxygen atoms in total. The topological polar surface area (TPSA) is 194 Å². The lowest BCUT2D eigenvalue weighted by atomic mass is 10.0. The number of esters is 1. The summed E-state index contributed by atoms with van der Waals surface area (Å²) in [5.41, 5.74) is 12.4. The molecule has 0 saturated carbocycles. The van der Waals surface area contributed by atoms with Crippen LogP contribution in [-0.2, 0) is 11.2 Å². The van der Waals surface area contributed by atoms with Gasteiger partial charge in [0, 0.05) is 12.0 Å². The van der Waals surface area contributed by atoms with Crippen LogP contribution in [-0.4, -0.2) is 46.0 Å². The lowest BCUT2D eigenvalue weighted by molar-refractivity contribution is -0.139. The quantitative estimate of drug-likeness (QED) is 0.0917. The van der Waals surface area contributed by atoms with Gasteiger partial charge in [-0.15, -0.1) is 0 Å². The predicted molar refractivity (Wildman–Crippen MR) is 147 cm³/mol. The molecular formula is C29H24N4O7. The fourth-order valence-corrected chi connectivity index (χ4v) is 3.88. The molecule has 0 aliphatic rings. The molecule has 0 radical (unpaired) electrons. The Bertz CT molecular complexity index is 1630. The lowest BCUT2D eigenvalue weighted by Gasteiger charge is -2.15. The molecule has 40 heavy (non-hydrogen) atoms. The number of fused-ring (bicyclic) bond motifs is 1.